The average Bonchev–Trinajstić information content (AvgIpc) is 1.73. The summed E-state index contributed by atoms with van der Waals surface area (Å²) in [6.45, 7) is 21.1. The number of hydrogen-bond donors (Lipinski definition) is 6. The van der Waals surface area contributed by atoms with Gasteiger partial charge in [-0.2, -0.15) is 0 Å². The molecule has 0 aliphatic carbocycles. The van der Waals surface area contributed by atoms with E-state index in [4.69, 9.17) is 66.8 Å². The fraction of sp³-hybridized carbons (Fsp3) is 0.380. The molecule has 0 spiro atoms. The van der Waals surface area contributed by atoms with Gasteiger partial charge in [-0.15, -0.1) is 0 Å². The highest BCUT2D eigenvalue weighted by atomic mass is 79.9. The second kappa shape index (κ2) is 50.1. The van der Waals surface area contributed by atoms with E-state index in [2.05, 4.69) is 188 Å². The van der Waals surface area contributed by atoms with Gasteiger partial charge in [0, 0.05) is 150 Å². The highest BCUT2D eigenvalue weighted by molar-refractivity contribution is 9.09. The first-order chi connectivity index (χ1) is 58.1. The smallest absolute Gasteiger partial charge is 0.128 e. The summed E-state index contributed by atoms with van der Waals surface area (Å²) in [7, 11) is 3.96. The SMILES string of the molecule is C.C/C=C\C1=C(NC)COc2ccccc2C1=C1CCN(CCCOc2ccc(Cl)cc2)CC1.C/C=C\C1=C(NC)COc2ccccc2C1=C1CCNCC1.CCCCOc1ccc(Cl)cc1.OCCCBr.OCCCN1CCC(=C2c3ccccc3OCc3cccnc32)CC1.c1cnc2c(c1)COc1ccccc1C2=C1CCNCC1. The number of likely N-dealkylation sites (N-methyl/N-ethyl adjacent to an activating group) is 2. The van der Waals surface area contributed by atoms with Crippen LogP contribution in [-0.2, 0) is 13.2 Å². The Hall–Kier alpha value is -9.24. The number of fused-ring (bicyclic) bond motifs is 6. The molecule has 10 heterocycles. The Labute approximate surface area is 726 Å². The summed E-state index contributed by atoms with van der Waals surface area (Å²) in [4.78, 5) is 14.4. The number of aliphatic hydroxyl groups is 2. The summed E-state index contributed by atoms with van der Waals surface area (Å²) in [5.74, 6) is 5.64. The molecule has 4 saturated heterocycles. The molecule has 16 rings (SSSR count). The summed E-state index contributed by atoms with van der Waals surface area (Å²) in [6, 6.07) is 56.7. The Morgan fingerprint density at radius 3 is 1.17 bits per heavy atom. The molecule has 0 amide bonds. The van der Waals surface area contributed by atoms with Crippen molar-refractivity contribution in [2.75, 3.05) is 125 Å². The minimum atomic E-state index is 0. The standard InChI is InChI=1S/C28H33ClN2O2.C21H24N2O2.C19H24N2O.C18H18N2O.C10H13ClO.C3H7BrO.CH4/c1-3-7-24-26(30-2)20-33-27-9-5-4-8-25(27)28(24)21-14-17-31(18-15-21)16-6-19-32-23-12-10-22(29)11-13-23;24-14-4-11-23-12-8-16(9-13-23)20-18-6-1-2-7-19(18)25-15-17-5-3-10-22-21(17)20;1-3-6-15-17(20-2)13-22-18-8-5-4-7-16(18)19(15)14-9-11-21-12-10-14;1-2-6-16-15(5-1)17(13-7-10-19-11-8-13)18-14(12-21-16)4-3-9-20-18;1-2-3-8-12-10-6-4-9(11)5-7-10;4-2-1-3-5;/h3-5,7-13,30H,6,14-20H2,1-2H3;1-3,5-7,10,24H,4,8-9,11-15H2;3-8,20-21H,9-13H2,1-2H3;1-6,9,19H,7-8,10-12H2;4-7H,2-3,8H2,1H3;5H,1-3H2;1H4/b7-3-;;6-3-;;;;. The van der Waals surface area contributed by atoms with Gasteiger partial charge in [0.05, 0.1) is 36.0 Å². The summed E-state index contributed by atoms with van der Waals surface area (Å²) in [6.07, 6.45) is 26.0. The number of benzene rings is 6. The number of ether oxygens (including phenoxy) is 6. The van der Waals surface area contributed by atoms with Crippen LogP contribution in [0.25, 0.3) is 22.3 Å². The van der Waals surface area contributed by atoms with Crippen LogP contribution >= 0.6 is 39.1 Å². The van der Waals surface area contributed by atoms with Gasteiger partial charge in [0.2, 0.25) is 0 Å². The Bertz CT molecular complexity index is 4650. The van der Waals surface area contributed by atoms with E-state index in [1.807, 2.05) is 105 Å². The van der Waals surface area contributed by atoms with Gasteiger partial charge in [-0.1, -0.05) is 191 Å². The number of para-hydroxylation sites is 4. The van der Waals surface area contributed by atoms with E-state index in [1.54, 1.807) is 0 Å². The number of piperidine rings is 4. The van der Waals surface area contributed by atoms with Crippen molar-refractivity contribution in [3.8, 4) is 34.5 Å². The van der Waals surface area contributed by atoms with E-state index >= 15 is 0 Å². The lowest BCUT2D eigenvalue weighted by molar-refractivity contribution is 0.215. The highest BCUT2D eigenvalue weighted by Crippen LogP contribution is 2.45. The van der Waals surface area contributed by atoms with Crippen molar-refractivity contribution in [3.63, 3.8) is 0 Å². The Balaban J connectivity index is 0.000000158. The van der Waals surface area contributed by atoms with Gasteiger partial charge in [0.25, 0.3) is 0 Å². The molecule has 6 N–H and O–H groups in total. The Kier molecular flexibility index (Phi) is 38.8. The molecule has 16 nitrogen and oxygen atoms in total. The summed E-state index contributed by atoms with van der Waals surface area (Å²) < 4.78 is 35.6. The van der Waals surface area contributed by atoms with Gasteiger partial charge in [-0.25, -0.2) is 0 Å². The maximum atomic E-state index is 9.04. The number of alkyl halides is 1. The zero-order chi connectivity index (χ0) is 82.5. The van der Waals surface area contributed by atoms with E-state index in [0.29, 0.717) is 33.0 Å². The van der Waals surface area contributed by atoms with Crippen LogP contribution in [0.3, 0.4) is 0 Å². The average molecular weight is 1720 g/mol. The molecule has 0 atom stereocenters. The number of allylic oxidation sites excluding steroid dienone is 8. The van der Waals surface area contributed by atoms with Crippen molar-refractivity contribution in [2.24, 2.45) is 0 Å². The van der Waals surface area contributed by atoms with E-state index in [1.165, 1.54) is 83.5 Å². The third-order valence-corrected chi connectivity index (χ3v) is 22.9. The Morgan fingerprint density at radius 2 is 0.798 bits per heavy atom. The molecule has 8 aromatic rings. The molecule has 0 radical (unpaired) electrons. The van der Waals surface area contributed by atoms with Crippen LogP contribution in [0.4, 0.5) is 0 Å². The van der Waals surface area contributed by atoms with E-state index in [-0.39, 0.29) is 14.0 Å². The normalized spacial score (nSPS) is 16.4. The first-order valence-electron chi connectivity index (χ1n) is 42.2. The van der Waals surface area contributed by atoms with Crippen LogP contribution in [0.2, 0.25) is 10.0 Å². The third kappa shape index (κ3) is 26.4. The second-order valence-electron chi connectivity index (χ2n) is 29.7. The molecule has 0 bridgehead atoms. The molecule has 632 valence electrons. The molecule has 0 unspecified atom stereocenters. The zero-order valence-corrected chi connectivity index (χ0v) is 72.6. The number of aromatic nitrogens is 2. The number of hydrogen-bond acceptors (Lipinski definition) is 16. The molecule has 2 aromatic heterocycles. The van der Waals surface area contributed by atoms with E-state index < -0.39 is 0 Å². The number of nitrogens with zero attached hydrogens (tertiary/aromatic N) is 4. The molecule has 8 aliphatic rings. The number of pyridine rings is 2. The van der Waals surface area contributed by atoms with Crippen LogP contribution in [-0.4, -0.2) is 154 Å². The molecule has 6 aromatic carbocycles. The van der Waals surface area contributed by atoms with Crippen molar-refractivity contribution in [3.05, 3.63) is 306 Å². The predicted octanol–water partition coefficient (Wildman–Crippen LogP) is 20.7. The lowest BCUT2D eigenvalue weighted by Crippen LogP contribution is -2.32. The topological polar surface area (TPSA) is 176 Å². The first-order valence-corrected chi connectivity index (χ1v) is 44.1. The van der Waals surface area contributed by atoms with Crippen molar-refractivity contribution in [1.82, 2.24) is 41.0 Å². The maximum absolute atomic E-state index is 9.04. The predicted molar refractivity (Wildman–Crippen MR) is 494 cm³/mol. The quantitative estimate of drug-likeness (QED) is 0.0353. The molecule has 8 aliphatic heterocycles. The van der Waals surface area contributed by atoms with Crippen LogP contribution in [0.15, 0.2) is 251 Å². The fourth-order valence-corrected chi connectivity index (χ4v) is 16.2. The van der Waals surface area contributed by atoms with Crippen molar-refractivity contribution in [1.29, 1.82) is 0 Å². The second-order valence-corrected chi connectivity index (χ2v) is 31.4. The minimum absolute atomic E-state index is 0. The van der Waals surface area contributed by atoms with Crippen LogP contribution in [0.1, 0.15) is 156 Å². The number of unbranched alkanes of at least 4 members (excludes halogenated alkanes) is 1. The lowest BCUT2D eigenvalue weighted by Gasteiger charge is -2.30. The third-order valence-electron chi connectivity index (χ3n) is 21.8. The molecular weight excluding hydrogens is 1590 g/mol. The minimum Gasteiger partial charge on any atom is -0.494 e. The highest BCUT2D eigenvalue weighted by Gasteiger charge is 2.30. The maximum Gasteiger partial charge on any atom is 0.128 e. The molecular formula is C100H123BrCl2N8O8. The first kappa shape index (κ1) is 92.1. The lowest BCUT2D eigenvalue weighted by atomic mass is 9.87. The largest absolute Gasteiger partial charge is 0.494 e. The summed E-state index contributed by atoms with van der Waals surface area (Å²) in [5, 5.41) is 33.1. The van der Waals surface area contributed by atoms with Crippen LogP contribution in [0.5, 0.6) is 34.5 Å². The van der Waals surface area contributed by atoms with Crippen LogP contribution in [0, 0.1) is 0 Å². The van der Waals surface area contributed by atoms with Gasteiger partial charge in [-0.05, 0) is 213 Å². The Morgan fingerprint density at radius 1 is 0.445 bits per heavy atom. The van der Waals surface area contributed by atoms with Gasteiger partial charge < -0.3 is 69.7 Å². The molecule has 0 saturated carbocycles. The van der Waals surface area contributed by atoms with E-state index in [0.717, 1.165) is 240 Å². The van der Waals surface area contributed by atoms with Crippen molar-refractivity contribution in [2.45, 2.75) is 125 Å². The monoisotopic (exact) mass is 1710 g/mol. The van der Waals surface area contributed by atoms with Gasteiger partial charge >= 0.3 is 0 Å². The summed E-state index contributed by atoms with van der Waals surface area (Å²) in [5.41, 5.74) is 25.4. The molecule has 4 fully saturated rings. The summed E-state index contributed by atoms with van der Waals surface area (Å²) >= 11 is 14.8. The van der Waals surface area contributed by atoms with Crippen molar-refractivity contribution >= 4 is 61.4 Å². The van der Waals surface area contributed by atoms with Gasteiger partial charge in [-0.3, -0.25) is 9.97 Å². The van der Waals surface area contributed by atoms with Crippen LogP contribution < -0.4 is 49.7 Å². The molecule has 119 heavy (non-hydrogen) atoms. The number of halogens is 3. The number of likely N-dealkylation sites (tertiary alicyclic amines) is 2. The van der Waals surface area contributed by atoms with Gasteiger partial charge in [0.1, 0.15) is 60.9 Å². The van der Waals surface area contributed by atoms with Crippen molar-refractivity contribution < 1.29 is 38.6 Å². The number of nitrogens with one attached hydrogen (secondary N) is 4. The number of aliphatic hydroxyl groups excluding tert-OH is 2. The molecule has 19 heteroatoms. The number of rotatable bonds is 18. The van der Waals surface area contributed by atoms with Gasteiger partial charge in [0.15, 0.2) is 0 Å². The zero-order valence-electron chi connectivity index (χ0n) is 69.5. The fourth-order valence-electron chi connectivity index (χ4n) is 15.7. The van der Waals surface area contributed by atoms with E-state index in [9.17, 15) is 0 Å².